The molecular formula is C20H18N4OS. The molecule has 0 spiro atoms. The topological polar surface area (TPSA) is 55.1 Å². The lowest BCUT2D eigenvalue weighted by Gasteiger charge is -2.20. The number of pyridine rings is 1. The third-order valence-electron chi connectivity index (χ3n) is 4.80. The van der Waals surface area contributed by atoms with Crippen LogP contribution in [0, 0.1) is 0 Å². The Bertz CT molecular complexity index is 993. The third kappa shape index (κ3) is 2.91. The maximum atomic E-state index is 5.58. The van der Waals surface area contributed by atoms with Gasteiger partial charge in [0.2, 0.25) is 0 Å². The van der Waals surface area contributed by atoms with E-state index in [1.165, 1.54) is 16.1 Å². The first-order valence-electron chi connectivity index (χ1n) is 8.83. The Kier molecular flexibility index (Phi) is 3.99. The predicted molar refractivity (Wildman–Crippen MR) is 102 cm³/mol. The van der Waals surface area contributed by atoms with Crippen molar-refractivity contribution in [3.8, 4) is 11.4 Å². The molecule has 4 heterocycles. The molecule has 0 saturated carbocycles. The van der Waals surface area contributed by atoms with Gasteiger partial charge in [-0.05, 0) is 43.7 Å². The molecule has 6 heteroatoms. The molecule has 5 nitrogen and oxygen atoms in total. The molecule has 4 aromatic rings. The van der Waals surface area contributed by atoms with E-state index in [9.17, 15) is 0 Å². The maximum absolute atomic E-state index is 5.58. The Balaban J connectivity index is 1.37. The van der Waals surface area contributed by atoms with Crippen LogP contribution in [0.2, 0.25) is 0 Å². The van der Waals surface area contributed by atoms with Crippen LogP contribution in [-0.2, 0) is 6.54 Å². The van der Waals surface area contributed by atoms with Crippen LogP contribution in [0.25, 0.3) is 21.6 Å². The van der Waals surface area contributed by atoms with E-state index >= 15 is 0 Å². The van der Waals surface area contributed by atoms with Gasteiger partial charge in [0.15, 0.2) is 5.76 Å². The molecule has 3 aromatic heterocycles. The molecule has 0 radical (unpaired) electrons. The van der Waals surface area contributed by atoms with E-state index < -0.39 is 0 Å². The molecule has 0 bridgehead atoms. The van der Waals surface area contributed by atoms with Crippen molar-refractivity contribution >= 4 is 21.6 Å². The first kappa shape index (κ1) is 15.7. The van der Waals surface area contributed by atoms with Gasteiger partial charge in [0.05, 0.1) is 28.5 Å². The number of rotatable bonds is 4. The lowest BCUT2D eigenvalue weighted by atomic mass is 10.2. The molecule has 1 fully saturated rings. The van der Waals surface area contributed by atoms with Gasteiger partial charge in [0, 0.05) is 12.3 Å². The van der Waals surface area contributed by atoms with Crippen LogP contribution in [0.3, 0.4) is 0 Å². The molecule has 0 N–H and O–H groups in total. The monoisotopic (exact) mass is 362 g/mol. The summed E-state index contributed by atoms with van der Waals surface area (Å²) in [4.78, 5) is 11.6. The molecular weight excluding hydrogens is 344 g/mol. The van der Waals surface area contributed by atoms with Gasteiger partial charge in [-0.1, -0.05) is 23.4 Å². The fourth-order valence-corrected chi connectivity index (χ4v) is 4.69. The molecule has 0 aliphatic carbocycles. The second-order valence-electron chi connectivity index (χ2n) is 6.54. The molecule has 1 aliphatic rings. The van der Waals surface area contributed by atoms with Crippen molar-refractivity contribution in [1.29, 1.82) is 0 Å². The third-order valence-corrected chi connectivity index (χ3v) is 5.94. The molecule has 5 rings (SSSR count). The summed E-state index contributed by atoms with van der Waals surface area (Å²) in [5.74, 6) is 0.874. The molecule has 130 valence electrons. The van der Waals surface area contributed by atoms with Crippen LogP contribution in [-0.4, -0.2) is 26.6 Å². The Labute approximate surface area is 155 Å². The van der Waals surface area contributed by atoms with Gasteiger partial charge in [-0.3, -0.25) is 9.88 Å². The standard InChI is InChI=1S/C20H18N4OS/c1-2-9-19-16(7-1)22-20(26-19)18-8-5-11-24(18)13-14-12-17(23-25-14)15-6-3-4-10-21-15/h1-4,6-7,9-10,12,18H,5,8,11,13H2. The number of hydrogen-bond donors (Lipinski definition) is 0. The lowest BCUT2D eigenvalue weighted by molar-refractivity contribution is 0.217. The van der Waals surface area contributed by atoms with Crippen molar-refractivity contribution in [3.63, 3.8) is 0 Å². The SMILES string of the molecule is c1ccc(-c2cc(CN3CCCC3c3nc4ccccc4s3)on2)nc1. The second-order valence-corrected chi connectivity index (χ2v) is 7.60. The molecule has 1 aromatic carbocycles. The Morgan fingerprint density at radius 3 is 2.92 bits per heavy atom. The Hall–Kier alpha value is -2.57. The number of para-hydroxylation sites is 1. The number of benzene rings is 1. The molecule has 1 unspecified atom stereocenters. The van der Waals surface area contributed by atoms with E-state index in [4.69, 9.17) is 9.51 Å². The fourth-order valence-electron chi connectivity index (χ4n) is 3.55. The van der Waals surface area contributed by atoms with Gasteiger partial charge >= 0.3 is 0 Å². The number of fused-ring (bicyclic) bond motifs is 1. The summed E-state index contributed by atoms with van der Waals surface area (Å²) >= 11 is 1.80. The molecule has 26 heavy (non-hydrogen) atoms. The van der Waals surface area contributed by atoms with Crippen LogP contribution < -0.4 is 0 Å². The van der Waals surface area contributed by atoms with Crippen molar-refractivity contribution in [1.82, 2.24) is 20.0 Å². The van der Waals surface area contributed by atoms with Crippen LogP contribution in [0.5, 0.6) is 0 Å². The van der Waals surface area contributed by atoms with Gasteiger partial charge in [0.1, 0.15) is 10.7 Å². The molecule has 1 aliphatic heterocycles. The molecule has 1 saturated heterocycles. The van der Waals surface area contributed by atoms with Gasteiger partial charge in [-0.2, -0.15) is 0 Å². The average Bonchev–Trinajstić information content (AvgIpc) is 3.41. The van der Waals surface area contributed by atoms with Gasteiger partial charge in [-0.25, -0.2) is 4.98 Å². The van der Waals surface area contributed by atoms with Gasteiger partial charge in [0.25, 0.3) is 0 Å². The smallest absolute Gasteiger partial charge is 0.151 e. The summed E-state index contributed by atoms with van der Waals surface area (Å²) < 4.78 is 6.83. The van der Waals surface area contributed by atoms with E-state index in [-0.39, 0.29) is 0 Å². The molecule has 1 atom stereocenters. The maximum Gasteiger partial charge on any atom is 0.151 e. The zero-order chi connectivity index (χ0) is 17.3. The largest absolute Gasteiger partial charge is 0.359 e. The van der Waals surface area contributed by atoms with Gasteiger partial charge in [-0.15, -0.1) is 11.3 Å². The van der Waals surface area contributed by atoms with Crippen molar-refractivity contribution in [3.05, 3.63) is 65.5 Å². The minimum atomic E-state index is 0.357. The average molecular weight is 362 g/mol. The number of likely N-dealkylation sites (tertiary alicyclic amines) is 1. The Morgan fingerprint density at radius 2 is 2.04 bits per heavy atom. The zero-order valence-electron chi connectivity index (χ0n) is 14.2. The summed E-state index contributed by atoms with van der Waals surface area (Å²) in [5.41, 5.74) is 2.72. The predicted octanol–water partition coefficient (Wildman–Crippen LogP) is 4.68. The van der Waals surface area contributed by atoms with E-state index in [1.54, 1.807) is 17.5 Å². The van der Waals surface area contributed by atoms with E-state index in [1.807, 2.05) is 30.3 Å². The summed E-state index contributed by atoms with van der Waals surface area (Å²) in [6.07, 6.45) is 4.09. The summed E-state index contributed by atoms with van der Waals surface area (Å²) in [7, 11) is 0. The van der Waals surface area contributed by atoms with E-state index in [0.29, 0.717) is 6.04 Å². The van der Waals surface area contributed by atoms with Crippen LogP contribution in [0.1, 0.15) is 29.7 Å². The quantitative estimate of drug-likeness (QED) is 0.527. The molecule has 0 amide bonds. The first-order chi connectivity index (χ1) is 12.9. The van der Waals surface area contributed by atoms with Crippen molar-refractivity contribution in [2.45, 2.75) is 25.4 Å². The highest BCUT2D eigenvalue weighted by Gasteiger charge is 2.29. The van der Waals surface area contributed by atoms with Crippen molar-refractivity contribution < 1.29 is 4.52 Å². The van der Waals surface area contributed by atoms with E-state index in [2.05, 4.69) is 33.2 Å². The van der Waals surface area contributed by atoms with Gasteiger partial charge < -0.3 is 4.52 Å². The van der Waals surface area contributed by atoms with Crippen molar-refractivity contribution in [2.24, 2.45) is 0 Å². The highest BCUT2D eigenvalue weighted by Crippen LogP contribution is 2.37. The highest BCUT2D eigenvalue weighted by molar-refractivity contribution is 7.18. The highest BCUT2D eigenvalue weighted by atomic mass is 32.1. The fraction of sp³-hybridized carbons (Fsp3) is 0.250. The first-order valence-corrected chi connectivity index (χ1v) is 9.65. The van der Waals surface area contributed by atoms with E-state index in [0.717, 1.165) is 42.2 Å². The zero-order valence-corrected chi connectivity index (χ0v) is 15.0. The normalized spacial score (nSPS) is 17.9. The number of thiazole rings is 1. The summed E-state index contributed by atoms with van der Waals surface area (Å²) in [6, 6.07) is 16.5. The minimum Gasteiger partial charge on any atom is -0.359 e. The van der Waals surface area contributed by atoms with Crippen LogP contribution in [0.15, 0.2) is 59.3 Å². The second kappa shape index (κ2) is 6.63. The van der Waals surface area contributed by atoms with Crippen molar-refractivity contribution in [2.75, 3.05) is 6.54 Å². The van der Waals surface area contributed by atoms with Crippen LogP contribution >= 0.6 is 11.3 Å². The number of aromatic nitrogens is 3. The lowest BCUT2D eigenvalue weighted by Crippen LogP contribution is -2.22. The summed E-state index contributed by atoms with van der Waals surface area (Å²) in [6.45, 7) is 1.81. The summed E-state index contributed by atoms with van der Waals surface area (Å²) in [5, 5.41) is 5.39. The van der Waals surface area contributed by atoms with Crippen LogP contribution in [0.4, 0.5) is 0 Å². The Morgan fingerprint density at radius 1 is 1.12 bits per heavy atom. The minimum absolute atomic E-state index is 0.357. The number of hydrogen-bond acceptors (Lipinski definition) is 6. The number of nitrogens with zero attached hydrogens (tertiary/aromatic N) is 4.